The first kappa shape index (κ1) is 17.5. The first-order chi connectivity index (χ1) is 13.2. The molecule has 0 bridgehead atoms. The van der Waals surface area contributed by atoms with Gasteiger partial charge in [0.15, 0.2) is 10.9 Å². The van der Waals surface area contributed by atoms with E-state index in [2.05, 4.69) is 33.8 Å². The molecule has 7 heteroatoms. The summed E-state index contributed by atoms with van der Waals surface area (Å²) in [5.74, 6) is -0.586. The van der Waals surface area contributed by atoms with E-state index in [4.69, 9.17) is 4.42 Å². The summed E-state index contributed by atoms with van der Waals surface area (Å²) in [4.78, 5) is 28.3. The maximum absolute atomic E-state index is 12.0. The van der Waals surface area contributed by atoms with Gasteiger partial charge in [0.2, 0.25) is 5.91 Å². The van der Waals surface area contributed by atoms with Crippen LogP contribution in [0.2, 0.25) is 0 Å². The van der Waals surface area contributed by atoms with Gasteiger partial charge in [0.05, 0.1) is 18.5 Å². The molecule has 2 aromatic heterocycles. The largest absolute Gasteiger partial charge is 0.459 e. The zero-order valence-corrected chi connectivity index (χ0v) is 15.5. The molecule has 2 N–H and O–H groups in total. The van der Waals surface area contributed by atoms with Crippen molar-refractivity contribution >= 4 is 28.3 Å². The Morgan fingerprint density at radius 2 is 2.00 bits per heavy atom. The molecule has 0 fully saturated rings. The van der Waals surface area contributed by atoms with E-state index in [1.54, 1.807) is 12.1 Å². The Labute approximate surface area is 160 Å². The summed E-state index contributed by atoms with van der Waals surface area (Å²) >= 11 is 1.37. The van der Waals surface area contributed by atoms with Crippen molar-refractivity contribution in [2.45, 2.75) is 25.7 Å². The quantitative estimate of drug-likeness (QED) is 0.707. The fourth-order valence-electron chi connectivity index (χ4n) is 3.18. The summed E-state index contributed by atoms with van der Waals surface area (Å²) in [5, 5.41) is 7.67. The molecular formula is C20H19N3O3S. The minimum atomic E-state index is -0.427. The third kappa shape index (κ3) is 4.09. The highest BCUT2D eigenvalue weighted by Gasteiger charge is 2.14. The van der Waals surface area contributed by atoms with E-state index < -0.39 is 5.91 Å². The smallest absolute Gasteiger partial charge is 0.287 e. The standard InChI is InChI=1S/C20H19N3O3S/c24-18(11-21-19(25)17-6-3-9-26-17)23-20-22-16(12-27-20)15-8-7-13-4-1-2-5-14(13)10-15/h3,6-10,12H,1-2,4-5,11H2,(H,21,25)(H,22,23,24). The average Bonchev–Trinajstić information content (AvgIpc) is 3.38. The number of anilines is 1. The number of amides is 2. The topological polar surface area (TPSA) is 84.2 Å². The van der Waals surface area contributed by atoms with Crippen molar-refractivity contribution in [2.75, 3.05) is 11.9 Å². The predicted molar refractivity (Wildman–Crippen MR) is 104 cm³/mol. The molecule has 0 saturated carbocycles. The van der Waals surface area contributed by atoms with Crippen LogP contribution in [-0.2, 0) is 17.6 Å². The van der Waals surface area contributed by atoms with Gasteiger partial charge in [0, 0.05) is 10.9 Å². The van der Waals surface area contributed by atoms with Crippen molar-refractivity contribution in [3.05, 3.63) is 58.9 Å². The lowest BCUT2D eigenvalue weighted by molar-refractivity contribution is -0.115. The second-order valence-corrected chi connectivity index (χ2v) is 7.29. The molecule has 0 atom stereocenters. The molecule has 4 rings (SSSR count). The summed E-state index contributed by atoms with van der Waals surface area (Å²) in [7, 11) is 0. The van der Waals surface area contributed by atoms with Crippen LogP contribution in [0.1, 0.15) is 34.5 Å². The fraction of sp³-hybridized carbons (Fsp3) is 0.250. The van der Waals surface area contributed by atoms with E-state index in [0.717, 1.165) is 24.1 Å². The van der Waals surface area contributed by atoms with Crippen LogP contribution in [0.15, 0.2) is 46.4 Å². The van der Waals surface area contributed by atoms with E-state index in [-0.39, 0.29) is 18.2 Å². The Kier molecular flexibility index (Phi) is 5.02. The molecule has 0 radical (unpaired) electrons. The monoisotopic (exact) mass is 381 g/mol. The van der Waals surface area contributed by atoms with Gasteiger partial charge in [-0.05, 0) is 55.0 Å². The number of furan rings is 1. The van der Waals surface area contributed by atoms with Gasteiger partial charge in [0.1, 0.15) is 0 Å². The number of rotatable bonds is 5. The summed E-state index contributed by atoms with van der Waals surface area (Å²) in [6.45, 7) is -0.146. The Morgan fingerprint density at radius 1 is 1.15 bits per heavy atom. The molecule has 0 aliphatic heterocycles. The molecule has 1 aromatic carbocycles. The molecule has 1 aliphatic rings. The normalized spacial score (nSPS) is 13.0. The number of aryl methyl sites for hydroxylation is 2. The van der Waals surface area contributed by atoms with E-state index in [1.165, 1.54) is 41.6 Å². The molecule has 2 heterocycles. The van der Waals surface area contributed by atoms with Gasteiger partial charge in [-0.25, -0.2) is 4.98 Å². The highest BCUT2D eigenvalue weighted by Crippen LogP contribution is 2.29. The van der Waals surface area contributed by atoms with Gasteiger partial charge in [-0.1, -0.05) is 12.1 Å². The molecule has 0 saturated heterocycles. The summed E-state index contributed by atoms with van der Waals surface area (Å²) in [6.07, 6.45) is 6.17. The van der Waals surface area contributed by atoms with Crippen molar-refractivity contribution in [3.8, 4) is 11.3 Å². The van der Waals surface area contributed by atoms with Gasteiger partial charge in [-0.2, -0.15) is 0 Å². The summed E-state index contributed by atoms with van der Waals surface area (Å²) in [5.41, 5.74) is 4.75. The lowest BCUT2D eigenvalue weighted by Crippen LogP contribution is -2.32. The lowest BCUT2D eigenvalue weighted by Gasteiger charge is -2.16. The fourth-order valence-corrected chi connectivity index (χ4v) is 3.91. The van der Waals surface area contributed by atoms with Gasteiger partial charge < -0.3 is 15.1 Å². The third-order valence-electron chi connectivity index (χ3n) is 4.55. The van der Waals surface area contributed by atoms with Crippen LogP contribution < -0.4 is 10.6 Å². The number of carbonyl (C=O) groups is 2. The molecule has 138 valence electrons. The van der Waals surface area contributed by atoms with Gasteiger partial charge in [-0.15, -0.1) is 11.3 Å². The van der Waals surface area contributed by atoms with E-state index in [0.29, 0.717) is 5.13 Å². The Hall–Kier alpha value is -2.93. The highest BCUT2D eigenvalue weighted by atomic mass is 32.1. The van der Waals surface area contributed by atoms with Crippen LogP contribution in [0.3, 0.4) is 0 Å². The zero-order chi connectivity index (χ0) is 18.6. The van der Waals surface area contributed by atoms with Crippen molar-refractivity contribution in [1.29, 1.82) is 0 Å². The number of benzene rings is 1. The van der Waals surface area contributed by atoms with Gasteiger partial charge in [-0.3, -0.25) is 9.59 Å². The number of hydrogen-bond donors (Lipinski definition) is 2. The Balaban J connectivity index is 1.36. The number of aromatic nitrogens is 1. The number of nitrogens with zero attached hydrogens (tertiary/aromatic N) is 1. The van der Waals surface area contributed by atoms with Crippen LogP contribution in [-0.4, -0.2) is 23.3 Å². The van der Waals surface area contributed by atoms with Gasteiger partial charge in [0.25, 0.3) is 5.91 Å². The van der Waals surface area contributed by atoms with Crippen molar-refractivity contribution in [3.63, 3.8) is 0 Å². The Bertz CT molecular complexity index is 963. The Morgan fingerprint density at radius 3 is 2.81 bits per heavy atom. The molecule has 2 amide bonds. The molecule has 1 aliphatic carbocycles. The highest BCUT2D eigenvalue weighted by molar-refractivity contribution is 7.14. The van der Waals surface area contributed by atoms with Crippen LogP contribution in [0.25, 0.3) is 11.3 Å². The first-order valence-electron chi connectivity index (χ1n) is 8.88. The number of hydrogen-bond acceptors (Lipinski definition) is 5. The first-order valence-corrected chi connectivity index (χ1v) is 9.76. The van der Waals surface area contributed by atoms with Crippen LogP contribution in [0, 0.1) is 0 Å². The molecular weight excluding hydrogens is 362 g/mol. The van der Waals surface area contributed by atoms with E-state index in [9.17, 15) is 9.59 Å². The average molecular weight is 381 g/mol. The molecule has 27 heavy (non-hydrogen) atoms. The van der Waals surface area contributed by atoms with Gasteiger partial charge >= 0.3 is 0 Å². The second kappa shape index (κ2) is 7.75. The number of fused-ring (bicyclic) bond motifs is 1. The minimum absolute atomic E-state index is 0.146. The maximum atomic E-state index is 12.0. The minimum Gasteiger partial charge on any atom is -0.459 e. The van der Waals surface area contributed by atoms with Crippen LogP contribution in [0.5, 0.6) is 0 Å². The summed E-state index contributed by atoms with van der Waals surface area (Å²) in [6, 6.07) is 9.64. The predicted octanol–water partition coefficient (Wildman–Crippen LogP) is 3.65. The molecule has 3 aromatic rings. The van der Waals surface area contributed by atoms with Crippen LogP contribution >= 0.6 is 11.3 Å². The summed E-state index contributed by atoms with van der Waals surface area (Å²) < 4.78 is 4.98. The number of thiazole rings is 1. The van der Waals surface area contributed by atoms with Crippen LogP contribution in [0.4, 0.5) is 5.13 Å². The molecule has 0 spiro atoms. The van der Waals surface area contributed by atoms with Crippen molar-refractivity contribution in [2.24, 2.45) is 0 Å². The number of nitrogens with one attached hydrogen (secondary N) is 2. The third-order valence-corrected chi connectivity index (χ3v) is 5.31. The van der Waals surface area contributed by atoms with E-state index >= 15 is 0 Å². The lowest BCUT2D eigenvalue weighted by atomic mass is 9.90. The second-order valence-electron chi connectivity index (χ2n) is 6.44. The molecule has 6 nitrogen and oxygen atoms in total. The SMILES string of the molecule is O=C(CNC(=O)c1ccco1)Nc1nc(-c2ccc3c(c2)CCCC3)cs1. The number of carbonyl (C=O) groups excluding carboxylic acids is 2. The zero-order valence-electron chi connectivity index (χ0n) is 14.7. The van der Waals surface area contributed by atoms with E-state index in [1.807, 2.05) is 5.38 Å². The van der Waals surface area contributed by atoms with Crippen molar-refractivity contribution in [1.82, 2.24) is 10.3 Å². The van der Waals surface area contributed by atoms with Crippen molar-refractivity contribution < 1.29 is 14.0 Å². The molecule has 0 unspecified atom stereocenters. The maximum Gasteiger partial charge on any atom is 0.287 e.